The maximum Gasteiger partial charge on any atom is 0.0881 e. The third-order valence-corrected chi connectivity index (χ3v) is 10.4. The fourth-order valence-corrected chi connectivity index (χ4v) is 8.47. The maximum atomic E-state index is 2.56. The Balaban J connectivity index is 1.62. The monoisotopic (exact) mass is 364 g/mol. The van der Waals surface area contributed by atoms with Crippen molar-refractivity contribution < 1.29 is 0 Å². The van der Waals surface area contributed by atoms with Gasteiger partial charge in [-0.1, -0.05) is 109 Å². The van der Waals surface area contributed by atoms with Crippen LogP contribution in [-0.2, 0) is 6.42 Å². The molecule has 3 aromatic rings. The molecule has 1 atom stereocenters. The van der Waals surface area contributed by atoms with E-state index in [2.05, 4.69) is 104 Å². The van der Waals surface area contributed by atoms with E-state index in [1.54, 1.807) is 5.20 Å². The van der Waals surface area contributed by atoms with Crippen LogP contribution in [0.25, 0.3) is 17.7 Å². The highest BCUT2D eigenvalue weighted by Crippen LogP contribution is 2.50. The zero-order valence-electron chi connectivity index (χ0n) is 15.9. The molecule has 1 heteroatoms. The largest absolute Gasteiger partial charge is 0.0881 e. The summed E-state index contributed by atoms with van der Waals surface area (Å²) in [6.07, 6.45) is 6.05. The first-order valence-electron chi connectivity index (χ1n) is 9.79. The van der Waals surface area contributed by atoms with Crippen LogP contribution in [-0.4, -0.2) is 8.07 Å². The first-order chi connectivity index (χ1) is 13.1. The molecular weight excluding hydrogens is 340 g/mol. The molecule has 0 bridgehead atoms. The number of hydrogen-bond acceptors (Lipinski definition) is 0. The van der Waals surface area contributed by atoms with E-state index in [1.807, 2.05) is 0 Å². The van der Waals surface area contributed by atoms with Gasteiger partial charge in [-0.05, 0) is 39.8 Å². The van der Waals surface area contributed by atoms with E-state index in [0.717, 1.165) is 6.42 Å². The van der Waals surface area contributed by atoms with Crippen LogP contribution in [0.3, 0.4) is 0 Å². The Morgan fingerprint density at radius 3 is 2.15 bits per heavy atom. The van der Waals surface area contributed by atoms with Gasteiger partial charge in [0.1, 0.15) is 0 Å². The standard InChI is InChI=1S/C26H24Si/c1-27(2,23-16-20-12-6-7-13-21(20)17-23)26-24-15-9-8-14-22(24)18-25(26)19-10-4-3-5-11-19/h3-16,18,26H,17H2,1-2H3. The van der Waals surface area contributed by atoms with Gasteiger partial charge in [-0.25, -0.2) is 0 Å². The molecule has 0 nitrogen and oxygen atoms in total. The molecule has 2 aliphatic rings. The third-order valence-electron chi connectivity index (χ3n) is 6.35. The smallest absolute Gasteiger partial charge is 0.0749 e. The van der Waals surface area contributed by atoms with Gasteiger partial charge in [-0.3, -0.25) is 0 Å². The van der Waals surface area contributed by atoms with E-state index in [-0.39, 0.29) is 0 Å². The maximum absolute atomic E-state index is 2.56. The Hall–Kier alpha value is -2.64. The van der Waals surface area contributed by atoms with Crippen molar-refractivity contribution in [3.8, 4) is 0 Å². The van der Waals surface area contributed by atoms with Gasteiger partial charge in [0.2, 0.25) is 0 Å². The van der Waals surface area contributed by atoms with Crippen LogP contribution in [0.5, 0.6) is 0 Å². The second-order valence-electron chi connectivity index (χ2n) is 8.29. The van der Waals surface area contributed by atoms with Crippen LogP contribution in [0.2, 0.25) is 13.1 Å². The van der Waals surface area contributed by atoms with Gasteiger partial charge in [0.05, 0.1) is 8.07 Å². The van der Waals surface area contributed by atoms with Crippen molar-refractivity contribution in [3.63, 3.8) is 0 Å². The number of benzene rings is 3. The molecular formula is C26H24Si. The predicted molar refractivity (Wildman–Crippen MR) is 119 cm³/mol. The van der Waals surface area contributed by atoms with Crippen molar-refractivity contribution >= 4 is 25.8 Å². The van der Waals surface area contributed by atoms with Crippen molar-refractivity contribution in [2.75, 3.05) is 0 Å². The third kappa shape index (κ3) is 2.65. The Kier molecular flexibility index (Phi) is 3.80. The number of fused-ring (bicyclic) bond motifs is 2. The van der Waals surface area contributed by atoms with E-state index in [4.69, 9.17) is 0 Å². The first kappa shape index (κ1) is 16.5. The van der Waals surface area contributed by atoms with Crippen molar-refractivity contribution in [1.82, 2.24) is 0 Å². The van der Waals surface area contributed by atoms with Crippen molar-refractivity contribution in [2.45, 2.75) is 25.1 Å². The van der Waals surface area contributed by atoms with Crippen LogP contribution in [0.15, 0.2) is 84.1 Å². The minimum atomic E-state index is -1.74. The average molecular weight is 365 g/mol. The van der Waals surface area contributed by atoms with Crippen LogP contribution in [0, 0.1) is 0 Å². The molecule has 0 aromatic heterocycles. The normalized spacial score (nSPS) is 17.9. The number of rotatable bonds is 3. The topological polar surface area (TPSA) is 0 Å². The summed E-state index contributed by atoms with van der Waals surface area (Å²) in [6.45, 7) is 5.13. The lowest BCUT2D eigenvalue weighted by Crippen LogP contribution is -2.38. The second-order valence-corrected chi connectivity index (χ2v) is 13.0. The van der Waals surface area contributed by atoms with E-state index >= 15 is 0 Å². The fourth-order valence-electron chi connectivity index (χ4n) is 4.86. The van der Waals surface area contributed by atoms with Crippen LogP contribution in [0.1, 0.15) is 33.4 Å². The van der Waals surface area contributed by atoms with Crippen LogP contribution >= 0.6 is 0 Å². The highest BCUT2D eigenvalue weighted by molar-refractivity contribution is 6.88. The molecule has 0 aliphatic heterocycles. The summed E-state index contributed by atoms with van der Waals surface area (Å²) in [6, 6.07) is 28.9. The molecule has 0 saturated carbocycles. The fraction of sp³-hybridized carbons (Fsp3) is 0.154. The highest BCUT2D eigenvalue weighted by Gasteiger charge is 2.43. The zero-order valence-corrected chi connectivity index (χ0v) is 16.9. The summed E-state index contributed by atoms with van der Waals surface area (Å²) < 4.78 is 0. The molecule has 0 saturated heterocycles. The van der Waals surface area contributed by atoms with Gasteiger partial charge >= 0.3 is 0 Å². The molecule has 0 heterocycles. The molecule has 0 fully saturated rings. The molecule has 3 aromatic carbocycles. The second kappa shape index (κ2) is 6.21. The molecule has 27 heavy (non-hydrogen) atoms. The van der Waals surface area contributed by atoms with Crippen LogP contribution in [0.4, 0.5) is 0 Å². The molecule has 132 valence electrons. The summed E-state index contributed by atoms with van der Waals surface area (Å²) in [4.78, 5) is 0. The molecule has 0 amide bonds. The van der Waals surface area contributed by atoms with Crippen molar-refractivity contribution in [2.24, 2.45) is 0 Å². The lowest BCUT2D eigenvalue weighted by atomic mass is 10.0. The van der Waals surface area contributed by atoms with E-state index < -0.39 is 8.07 Å². The molecule has 0 spiro atoms. The first-order valence-corrected chi connectivity index (χ1v) is 12.9. The quantitative estimate of drug-likeness (QED) is 0.451. The Bertz CT molecular complexity index is 1070. The summed E-state index contributed by atoms with van der Waals surface area (Å²) in [7, 11) is -1.74. The zero-order chi connectivity index (χ0) is 18.4. The lowest BCUT2D eigenvalue weighted by Gasteiger charge is -2.34. The van der Waals surface area contributed by atoms with Gasteiger partial charge in [0.15, 0.2) is 0 Å². The molecule has 0 radical (unpaired) electrons. The number of allylic oxidation sites excluding steroid dienone is 2. The Labute approximate surface area is 162 Å². The van der Waals surface area contributed by atoms with E-state index in [9.17, 15) is 0 Å². The van der Waals surface area contributed by atoms with Crippen molar-refractivity contribution in [1.29, 1.82) is 0 Å². The Morgan fingerprint density at radius 1 is 0.704 bits per heavy atom. The van der Waals surface area contributed by atoms with Gasteiger partial charge in [0.25, 0.3) is 0 Å². The van der Waals surface area contributed by atoms with Gasteiger partial charge < -0.3 is 0 Å². The minimum absolute atomic E-state index is 0.511. The lowest BCUT2D eigenvalue weighted by molar-refractivity contribution is 1.15. The molecule has 1 unspecified atom stereocenters. The van der Waals surface area contributed by atoms with E-state index in [0.29, 0.717) is 5.54 Å². The molecule has 5 rings (SSSR count). The van der Waals surface area contributed by atoms with Gasteiger partial charge in [-0.2, -0.15) is 0 Å². The SMILES string of the molecule is C[Si](C)(C1=Cc2ccccc2C1)C1C(c2ccccc2)=Cc2ccccc21. The Morgan fingerprint density at radius 2 is 1.37 bits per heavy atom. The average Bonchev–Trinajstić information content (AvgIpc) is 3.31. The highest BCUT2D eigenvalue weighted by atomic mass is 28.3. The molecule has 0 N–H and O–H groups in total. The van der Waals surface area contributed by atoms with Crippen LogP contribution < -0.4 is 0 Å². The van der Waals surface area contributed by atoms with E-state index in [1.165, 1.54) is 33.4 Å². The summed E-state index contributed by atoms with van der Waals surface area (Å²) >= 11 is 0. The summed E-state index contributed by atoms with van der Waals surface area (Å²) in [5.41, 5.74) is 9.22. The minimum Gasteiger partial charge on any atom is -0.0749 e. The predicted octanol–water partition coefficient (Wildman–Crippen LogP) is 6.75. The molecule has 2 aliphatic carbocycles. The number of hydrogen-bond donors (Lipinski definition) is 0. The van der Waals surface area contributed by atoms with Gasteiger partial charge in [-0.15, -0.1) is 0 Å². The van der Waals surface area contributed by atoms with Gasteiger partial charge in [0, 0.05) is 5.54 Å². The summed E-state index contributed by atoms with van der Waals surface area (Å²) in [5.74, 6) is 0. The van der Waals surface area contributed by atoms with Crippen molar-refractivity contribution in [3.05, 3.63) is 112 Å². The summed E-state index contributed by atoms with van der Waals surface area (Å²) in [5, 5.41) is 1.67.